The molecular formula is C14H22O. The van der Waals surface area contributed by atoms with Gasteiger partial charge in [-0.25, -0.2) is 0 Å². The molecule has 1 aromatic carbocycles. The SMILES string of the molecule is CC(O)CCCC(C)(C)c1ccccc1. The molecule has 84 valence electrons. The predicted molar refractivity (Wildman–Crippen MR) is 65.0 cm³/mol. The lowest BCUT2D eigenvalue weighted by atomic mass is 9.80. The molecule has 0 aliphatic heterocycles. The molecule has 0 saturated heterocycles. The maximum atomic E-state index is 9.22. The van der Waals surface area contributed by atoms with E-state index in [0.717, 1.165) is 19.3 Å². The van der Waals surface area contributed by atoms with Crippen molar-refractivity contribution in [1.29, 1.82) is 0 Å². The molecule has 0 fully saturated rings. The third kappa shape index (κ3) is 4.05. The van der Waals surface area contributed by atoms with Crippen molar-refractivity contribution in [2.75, 3.05) is 0 Å². The zero-order valence-electron chi connectivity index (χ0n) is 10.0. The van der Waals surface area contributed by atoms with Crippen molar-refractivity contribution in [3.05, 3.63) is 35.9 Å². The van der Waals surface area contributed by atoms with Crippen LogP contribution in [-0.4, -0.2) is 11.2 Å². The molecule has 0 aromatic heterocycles. The molecule has 1 aromatic rings. The van der Waals surface area contributed by atoms with Gasteiger partial charge in [0, 0.05) is 0 Å². The van der Waals surface area contributed by atoms with Crippen LogP contribution in [0.25, 0.3) is 0 Å². The van der Waals surface area contributed by atoms with Gasteiger partial charge in [-0.3, -0.25) is 0 Å². The molecular weight excluding hydrogens is 184 g/mol. The van der Waals surface area contributed by atoms with Crippen molar-refractivity contribution in [2.24, 2.45) is 0 Å². The van der Waals surface area contributed by atoms with Crippen LogP contribution in [0.5, 0.6) is 0 Å². The molecule has 0 aliphatic rings. The van der Waals surface area contributed by atoms with Crippen LogP contribution >= 0.6 is 0 Å². The summed E-state index contributed by atoms with van der Waals surface area (Å²) >= 11 is 0. The van der Waals surface area contributed by atoms with E-state index in [1.807, 2.05) is 6.92 Å². The molecule has 0 spiro atoms. The van der Waals surface area contributed by atoms with Gasteiger partial charge in [0.25, 0.3) is 0 Å². The lowest BCUT2D eigenvalue weighted by Crippen LogP contribution is -2.17. The summed E-state index contributed by atoms with van der Waals surface area (Å²) in [6.45, 7) is 6.39. The van der Waals surface area contributed by atoms with E-state index in [1.54, 1.807) is 0 Å². The Bertz CT molecular complexity index is 275. The van der Waals surface area contributed by atoms with Crippen molar-refractivity contribution < 1.29 is 5.11 Å². The third-order valence-corrected chi connectivity index (χ3v) is 2.98. The highest BCUT2D eigenvalue weighted by Gasteiger charge is 2.19. The standard InChI is InChI=1S/C14H22O/c1-12(15)8-7-11-14(2,3)13-9-5-4-6-10-13/h4-6,9-10,12,15H,7-8,11H2,1-3H3. The van der Waals surface area contributed by atoms with Crippen molar-refractivity contribution in [3.8, 4) is 0 Å². The monoisotopic (exact) mass is 206 g/mol. The van der Waals surface area contributed by atoms with E-state index in [4.69, 9.17) is 0 Å². The van der Waals surface area contributed by atoms with E-state index in [2.05, 4.69) is 44.2 Å². The maximum absolute atomic E-state index is 9.22. The van der Waals surface area contributed by atoms with Crippen LogP contribution < -0.4 is 0 Å². The van der Waals surface area contributed by atoms with Crippen LogP contribution in [0.2, 0.25) is 0 Å². The van der Waals surface area contributed by atoms with Crippen molar-refractivity contribution >= 4 is 0 Å². The Labute approximate surface area is 93.1 Å². The zero-order chi connectivity index (χ0) is 11.3. The molecule has 1 unspecified atom stereocenters. The van der Waals surface area contributed by atoms with Crippen LogP contribution in [0, 0.1) is 0 Å². The molecule has 1 nitrogen and oxygen atoms in total. The van der Waals surface area contributed by atoms with E-state index < -0.39 is 0 Å². The van der Waals surface area contributed by atoms with Crippen LogP contribution in [-0.2, 0) is 5.41 Å². The second-order valence-electron chi connectivity index (χ2n) is 4.99. The van der Waals surface area contributed by atoms with E-state index >= 15 is 0 Å². The second kappa shape index (κ2) is 5.32. The van der Waals surface area contributed by atoms with Gasteiger partial charge in [0.1, 0.15) is 0 Å². The van der Waals surface area contributed by atoms with Crippen molar-refractivity contribution in [2.45, 2.75) is 51.6 Å². The number of benzene rings is 1. The quantitative estimate of drug-likeness (QED) is 0.781. The van der Waals surface area contributed by atoms with Crippen LogP contribution in [0.1, 0.15) is 45.6 Å². The summed E-state index contributed by atoms with van der Waals surface area (Å²) in [5.41, 5.74) is 1.60. The molecule has 0 amide bonds. The van der Waals surface area contributed by atoms with E-state index in [0.29, 0.717) is 0 Å². The summed E-state index contributed by atoms with van der Waals surface area (Å²) in [7, 11) is 0. The normalized spacial score (nSPS) is 13.9. The molecule has 1 N–H and O–H groups in total. The first-order valence-corrected chi connectivity index (χ1v) is 5.76. The molecule has 0 saturated carbocycles. The van der Waals surface area contributed by atoms with Gasteiger partial charge in [-0.15, -0.1) is 0 Å². The van der Waals surface area contributed by atoms with Gasteiger partial charge in [0.15, 0.2) is 0 Å². The largest absolute Gasteiger partial charge is 0.393 e. The van der Waals surface area contributed by atoms with Crippen LogP contribution in [0.3, 0.4) is 0 Å². The Morgan fingerprint density at radius 3 is 2.33 bits per heavy atom. The summed E-state index contributed by atoms with van der Waals surface area (Å²) in [4.78, 5) is 0. The molecule has 1 heteroatoms. The summed E-state index contributed by atoms with van der Waals surface area (Å²) in [6, 6.07) is 10.6. The minimum absolute atomic E-state index is 0.170. The number of hydrogen-bond donors (Lipinski definition) is 1. The number of aliphatic hydroxyl groups excluding tert-OH is 1. The fourth-order valence-corrected chi connectivity index (χ4v) is 1.87. The summed E-state index contributed by atoms with van der Waals surface area (Å²) < 4.78 is 0. The molecule has 0 aliphatic carbocycles. The molecule has 1 rings (SSSR count). The smallest absolute Gasteiger partial charge is 0.0512 e. The van der Waals surface area contributed by atoms with Gasteiger partial charge in [0.2, 0.25) is 0 Å². The number of aliphatic hydroxyl groups is 1. The Balaban J connectivity index is 2.52. The minimum atomic E-state index is -0.170. The number of hydrogen-bond acceptors (Lipinski definition) is 1. The Morgan fingerprint density at radius 2 is 1.80 bits per heavy atom. The number of rotatable bonds is 5. The van der Waals surface area contributed by atoms with Crippen molar-refractivity contribution in [1.82, 2.24) is 0 Å². The average molecular weight is 206 g/mol. The third-order valence-electron chi connectivity index (χ3n) is 2.98. The highest BCUT2D eigenvalue weighted by molar-refractivity contribution is 5.23. The first-order valence-electron chi connectivity index (χ1n) is 5.76. The zero-order valence-corrected chi connectivity index (χ0v) is 10.0. The average Bonchev–Trinajstić information content (AvgIpc) is 2.18. The first-order chi connectivity index (χ1) is 7.02. The molecule has 15 heavy (non-hydrogen) atoms. The highest BCUT2D eigenvalue weighted by atomic mass is 16.3. The van der Waals surface area contributed by atoms with Gasteiger partial charge in [0.05, 0.1) is 6.10 Å². The summed E-state index contributed by atoms with van der Waals surface area (Å²) in [5, 5.41) is 9.22. The second-order valence-corrected chi connectivity index (χ2v) is 4.99. The van der Waals surface area contributed by atoms with E-state index in [9.17, 15) is 5.11 Å². The summed E-state index contributed by atoms with van der Waals surface area (Å²) in [5.74, 6) is 0. The van der Waals surface area contributed by atoms with E-state index in [1.165, 1.54) is 5.56 Å². The Morgan fingerprint density at radius 1 is 1.20 bits per heavy atom. The molecule has 0 bridgehead atoms. The van der Waals surface area contributed by atoms with Gasteiger partial charge in [-0.05, 0) is 30.7 Å². The predicted octanol–water partition coefficient (Wildman–Crippen LogP) is 3.52. The molecule has 0 heterocycles. The van der Waals surface area contributed by atoms with Gasteiger partial charge < -0.3 is 5.11 Å². The van der Waals surface area contributed by atoms with Crippen molar-refractivity contribution in [3.63, 3.8) is 0 Å². The Kier molecular flexibility index (Phi) is 4.34. The molecule has 1 atom stereocenters. The lowest BCUT2D eigenvalue weighted by Gasteiger charge is -2.25. The van der Waals surface area contributed by atoms with Gasteiger partial charge in [-0.2, -0.15) is 0 Å². The maximum Gasteiger partial charge on any atom is 0.0512 e. The molecule has 0 radical (unpaired) electrons. The van der Waals surface area contributed by atoms with Crippen LogP contribution in [0.4, 0.5) is 0 Å². The summed E-state index contributed by atoms with van der Waals surface area (Å²) in [6.07, 6.45) is 2.94. The minimum Gasteiger partial charge on any atom is -0.393 e. The fourth-order valence-electron chi connectivity index (χ4n) is 1.87. The van der Waals surface area contributed by atoms with E-state index in [-0.39, 0.29) is 11.5 Å². The van der Waals surface area contributed by atoms with Gasteiger partial charge in [-0.1, -0.05) is 50.6 Å². The lowest BCUT2D eigenvalue weighted by molar-refractivity contribution is 0.177. The Hall–Kier alpha value is -0.820. The highest BCUT2D eigenvalue weighted by Crippen LogP contribution is 2.28. The van der Waals surface area contributed by atoms with Crippen LogP contribution in [0.15, 0.2) is 30.3 Å². The first kappa shape index (κ1) is 12.3. The topological polar surface area (TPSA) is 20.2 Å². The van der Waals surface area contributed by atoms with Gasteiger partial charge >= 0.3 is 0 Å². The fraction of sp³-hybridized carbons (Fsp3) is 0.571.